The summed E-state index contributed by atoms with van der Waals surface area (Å²) in [6, 6.07) is 5.92. The standard InChI is InChI=1S/C14H15NO/c1-11-8-9-12(16)5-4-6-13(11)14-7-2-3-10-15-14/h2-3,7-10,13H,1,4-6H2. The van der Waals surface area contributed by atoms with Crippen LogP contribution in [0.15, 0.2) is 48.7 Å². The fraction of sp³-hybridized carbons (Fsp3) is 0.286. The Kier molecular flexibility index (Phi) is 3.30. The quantitative estimate of drug-likeness (QED) is 0.717. The van der Waals surface area contributed by atoms with E-state index in [1.54, 1.807) is 12.3 Å². The van der Waals surface area contributed by atoms with Crippen molar-refractivity contribution in [2.24, 2.45) is 0 Å². The second kappa shape index (κ2) is 4.88. The zero-order chi connectivity index (χ0) is 11.4. The minimum absolute atomic E-state index is 0.195. The van der Waals surface area contributed by atoms with Gasteiger partial charge in [-0.05, 0) is 36.6 Å². The van der Waals surface area contributed by atoms with E-state index in [0.717, 1.165) is 24.1 Å². The van der Waals surface area contributed by atoms with Crippen molar-refractivity contribution in [3.63, 3.8) is 0 Å². The molecule has 0 aliphatic heterocycles. The van der Waals surface area contributed by atoms with E-state index < -0.39 is 0 Å². The van der Waals surface area contributed by atoms with Gasteiger partial charge < -0.3 is 0 Å². The third-order valence-corrected chi connectivity index (χ3v) is 2.89. The molecule has 0 bridgehead atoms. The zero-order valence-corrected chi connectivity index (χ0v) is 9.23. The summed E-state index contributed by atoms with van der Waals surface area (Å²) >= 11 is 0. The number of pyridine rings is 1. The van der Waals surface area contributed by atoms with Crippen LogP contribution in [0.1, 0.15) is 30.9 Å². The fourth-order valence-corrected chi connectivity index (χ4v) is 1.99. The monoisotopic (exact) mass is 213 g/mol. The summed E-state index contributed by atoms with van der Waals surface area (Å²) in [6.07, 6.45) is 7.76. The summed E-state index contributed by atoms with van der Waals surface area (Å²) in [4.78, 5) is 15.6. The summed E-state index contributed by atoms with van der Waals surface area (Å²) < 4.78 is 0. The summed E-state index contributed by atoms with van der Waals surface area (Å²) in [5.74, 6) is 0.450. The van der Waals surface area contributed by atoms with Gasteiger partial charge in [0.15, 0.2) is 5.78 Å². The minimum Gasteiger partial charge on any atom is -0.295 e. The van der Waals surface area contributed by atoms with E-state index in [4.69, 9.17) is 0 Å². The highest BCUT2D eigenvalue weighted by atomic mass is 16.1. The molecule has 0 aromatic carbocycles. The summed E-state index contributed by atoms with van der Waals surface area (Å²) in [5.41, 5.74) is 2.03. The highest BCUT2D eigenvalue weighted by Gasteiger charge is 2.17. The Hall–Kier alpha value is -1.70. The first-order chi connectivity index (χ1) is 7.77. The van der Waals surface area contributed by atoms with Gasteiger partial charge in [-0.15, -0.1) is 0 Å². The molecule has 0 N–H and O–H groups in total. The van der Waals surface area contributed by atoms with Gasteiger partial charge in [0.05, 0.1) is 0 Å². The molecule has 1 atom stereocenters. The predicted molar refractivity (Wildman–Crippen MR) is 64.1 cm³/mol. The van der Waals surface area contributed by atoms with Gasteiger partial charge in [0.25, 0.3) is 0 Å². The van der Waals surface area contributed by atoms with E-state index in [-0.39, 0.29) is 11.7 Å². The average molecular weight is 213 g/mol. The molecule has 0 saturated carbocycles. The Morgan fingerprint density at radius 2 is 2.19 bits per heavy atom. The lowest BCUT2D eigenvalue weighted by molar-refractivity contribution is -0.114. The van der Waals surface area contributed by atoms with Crippen molar-refractivity contribution in [2.45, 2.75) is 25.2 Å². The maximum absolute atomic E-state index is 11.3. The molecule has 1 heterocycles. The lowest BCUT2D eigenvalue weighted by atomic mass is 9.88. The van der Waals surface area contributed by atoms with Crippen molar-refractivity contribution in [1.82, 2.24) is 4.98 Å². The van der Waals surface area contributed by atoms with Crippen LogP contribution in [0.3, 0.4) is 0 Å². The van der Waals surface area contributed by atoms with Crippen LogP contribution in [-0.4, -0.2) is 10.8 Å². The highest BCUT2D eigenvalue weighted by molar-refractivity contribution is 5.90. The van der Waals surface area contributed by atoms with Gasteiger partial charge in [-0.25, -0.2) is 0 Å². The lowest BCUT2D eigenvalue weighted by Gasteiger charge is -2.18. The van der Waals surface area contributed by atoms with Gasteiger partial charge in [0.2, 0.25) is 0 Å². The molecule has 1 aromatic heterocycles. The number of hydrogen-bond acceptors (Lipinski definition) is 2. The van der Waals surface area contributed by atoms with Crippen molar-refractivity contribution >= 4 is 5.78 Å². The van der Waals surface area contributed by atoms with Crippen LogP contribution in [0.25, 0.3) is 0 Å². The largest absolute Gasteiger partial charge is 0.295 e. The van der Waals surface area contributed by atoms with E-state index in [1.807, 2.05) is 24.3 Å². The number of ketones is 1. The van der Waals surface area contributed by atoms with E-state index in [1.165, 1.54) is 0 Å². The predicted octanol–water partition coefficient (Wildman–Crippen LogP) is 3.03. The Labute approximate surface area is 95.7 Å². The molecular weight excluding hydrogens is 198 g/mol. The number of carbonyl (C=O) groups is 1. The van der Waals surface area contributed by atoms with Crippen LogP contribution in [0, 0.1) is 0 Å². The highest BCUT2D eigenvalue weighted by Crippen LogP contribution is 2.29. The van der Waals surface area contributed by atoms with E-state index in [9.17, 15) is 4.79 Å². The van der Waals surface area contributed by atoms with Crippen molar-refractivity contribution in [2.75, 3.05) is 0 Å². The molecule has 0 radical (unpaired) electrons. The SMILES string of the molecule is C=C1C=CC(=O)CCCC1c1ccccn1. The molecular formula is C14H15NO. The Morgan fingerprint density at radius 3 is 2.94 bits per heavy atom. The van der Waals surface area contributed by atoms with Gasteiger partial charge >= 0.3 is 0 Å². The molecule has 1 unspecified atom stereocenters. The molecule has 1 aliphatic carbocycles. The van der Waals surface area contributed by atoms with Gasteiger partial charge in [0.1, 0.15) is 0 Å². The van der Waals surface area contributed by atoms with Crippen LogP contribution in [0.5, 0.6) is 0 Å². The van der Waals surface area contributed by atoms with Crippen LogP contribution < -0.4 is 0 Å². The number of carbonyl (C=O) groups excluding carboxylic acids is 1. The molecule has 0 spiro atoms. The van der Waals surface area contributed by atoms with Gasteiger partial charge in [-0.2, -0.15) is 0 Å². The average Bonchev–Trinajstić information content (AvgIpc) is 2.31. The summed E-state index contributed by atoms with van der Waals surface area (Å²) in [6.45, 7) is 4.03. The van der Waals surface area contributed by atoms with Gasteiger partial charge in [-0.3, -0.25) is 9.78 Å². The molecule has 0 amide bonds. The molecule has 2 heteroatoms. The maximum Gasteiger partial charge on any atom is 0.155 e. The van der Waals surface area contributed by atoms with Crippen molar-refractivity contribution in [3.05, 3.63) is 54.4 Å². The smallest absolute Gasteiger partial charge is 0.155 e. The summed E-state index contributed by atoms with van der Waals surface area (Å²) in [7, 11) is 0. The van der Waals surface area contributed by atoms with Crippen LogP contribution >= 0.6 is 0 Å². The van der Waals surface area contributed by atoms with Gasteiger partial charge in [-0.1, -0.05) is 18.7 Å². The van der Waals surface area contributed by atoms with Crippen LogP contribution in [-0.2, 0) is 4.79 Å². The number of nitrogens with zero attached hydrogens (tertiary/aromatic N) is 1. The zero-order valence-electron chi connectivity index (χ0n) is 9.23. The molecule has 16 heavy (non-hydrogen) atoms. The number of aromatic nitrogens is 1. The Bertz CT molecular complexity index is 420. The number of allylic oxidation sites excluding steroid dienone is 3. The van der Waals surface area contributed by atoms with E-state index in [0.29, 0.717) is 6.42 Å². The second-order valence-electron chi connectivity index (χ2n) is 4.07. The van der Waals surface area contributed by atoms with Crippen molar-refractivity contribution in [3.8, 4) is 0 Å². The normalized spacial score (nSPS) is 21.6. The van der Waals surface area contributed by atoms with Gasteiger partial charge in [0, 0.05) is 24.2 Å². The molecule has 1 aliphatic rings. The molecule has 0 fully saturated rings. The fourth-order valence-electron chi connectivity index (χ4n) is 1.99. The first-order valence-corrected chi connectivity index (χ1v) is 5.58. The molecule has 1 aromatic rings. The molecule has 2 nitrogen and oxygen atoms in total. The van der Waals surface area contributed by atoms with Crippen LogP contribution in [0.4, 0.5) is 0 Å². The second-order valence-corrected chi connectivity index (χ2v) is 4.07. The first kappa shape index (κ1) is 10.8. The lowest BCUT2D eigenvalue weighted by Crippen LogP contribution is -2.07. The van der Waals surface area contributed by atoms with Crippen LogP contribution in [0.2, 0.25) is 0 Å². The van der Waals surface area contributed by atoms with E-state index >= 15 is 0 Å². The Balaban J connectivity index is 2.24. The molecule has 0 saturated heterocycles. The third-order valence-electron chi connectivity index (χ3n) is 2.89. The number of rotatable bonds is 1. The maximum atomic E-state index is 11.3. The van der Waals surface area contributed by atoms with Crippen molar-refractivity contribution in [1.29, 1.82) is 0 Å². The van der Waals surface area contributed by atoms with Crippen molar-refractivity contribution < 1.29 is 4.79 Å². The topological polar surface area (TPSA) is 30.0 Å². The molecule has 2 rings (SSSR count). The molecule has 82 valence electrons. The summed E-state index contributed by atoms with van der Waals surface area (Å²) in [5, 5.41) is 0. The first-order valence-electron chi connectivity index (χ1n) is 5.58. The Morgan fingerprint density at radius 1 is 1.31 bits per heavy atom. The van der Waals surface area contributed by atoms with E-state index in [2.05, 4.69) is 11.6 Å². The third kappa shape index (κ3) is 2.45. The number of hydrogen-bond donors (Lipinski definition) is 0. The minimum atomic E-state index is 0.195.